The molecule has 3 heteroatoms. The van der Waals surface area contributed by atoms with Gasteiger partial charge >= 0.3 is 0 Å². The molecule has 0 saturated carbocycles. The average Bonchev–Trinajstić information content (AvgIpc) is 2.84. The number of rotatable bonds is 4. The maximum atomic E-state index is 5.39. The van der Waals surface area contributed by atoms with Gasteiger partial charge in [-0.15, -0.1) is 0 Å². The Balaban J connectivity index is 1.85. The van der Waals surface area contributed by atoms with Crippen molar-refractivity contribution in [2.75, 3.05) is 20.1 Å². The topological polar surface area (TPSA) is 28.4 Å². The lowest BCUT2D eigenvalue weighted by atomic mass is 9.87. The fraction of sp³-hybridized carbons (Fsp3) is 0.714. The van der Waals surface area contributed by atoms with Crippen molar-refractivity contribution in [2.45, 2.75) is 38.8 Å². The monoisotopic (exact) mass is 236 g/mol. The lowest BCUT2D eigenvalue weighted by Crippen LogP contribution is -2.52. The quantitative estimate of drug-likeness (QED) is 0.868. The molecule has 1 fully saturated rings. The van der Waals surface area contributed by atoms with E-state index in [9.17, 15) is 0 Å². The van der Waals surface area contributed by atoms with Crippen molar-refractivity contribution in [3.63, 3.8) is 0 Å². The van der Waals surface area contributed by atoms with Gasteiger partial charge in [0.2, 0.25) is 0 Å². The van der Waals surface area contributed by atoms with Gasteiger partial charge in [-0.25, -0.2) is 0 Å². The molecule has 3 unspecified atom stereocenters. The summed E-state index contributed by atoms with van der Waals surface area (Å²) >= 11 is 0. The summed E-state index contributed by atoms with van der Waals surface area (Å²) in [6, 6.07) is 5.35. The van der Waals surface area contributed by atoms with E-state index in [1.807, 2.05) is 6.07 Å². The van der Waals surface area contributed by atoms with Crippen molar-refractivity contribution < 1.29 is 4.42 Å². The van der Waals surface area contributed by atoms with E-state index in [1.165, 1.54) is 13.0 Å². The fourth-order valence-corrected chi connectivity index (χ4v) is 2.87. The van der Waals surface area contributed by atoms with Crippen LogP contribution < -0.4 is 5.32 Å². The number of nitrogens with zero attached hydrogens (tertiary/aromatic N) is 1. The largest absolute Gasteiger partial charge is 0.469 e. The molecule has 3 nitrogen and oxygen atoms in total. The first-order valence-electron chi connectivity index (χ1n) is 6.66. The van der Waals surface area contributed by atoms with Gasteiger partial charge in [0.05, 0.1) is 6.26 Å². The molecular weight excluding hydrogens is 212 g/mol. The molecule has 1 aliphatic heterocycles. The van der Waals surface area contributed by atoms with Crippen LogP contribution >= 0.6 is 0 Å². The third-order valence-electron chi connectivity index (χ3n) is 4.30. The van der Waals surface area contributed by atoms with Crippen molar-refractivity contribution >= 4 is 0 Å². The van der Waals surface area contributed by atoms with Crippen LogP contribution in [0.4, 0.5) is 0 Å². The Bertz CT molecular complexity index is 323. The molecule has 1 aliphatic rings. The van der Waals surface area contributed by atoms with Gasteiger partial charge in [-0.05, 0) is 45.0 Å². The highest BCUT2D eigenvalue weighted by atomic mass is 16.3. The third-order valence-corrected chi connectivity index (χ3v) is 4.30. The molecule has 2 rings (SSSR count). The van der Waals surface area contributed by atoms with Crippen molar-refractivity contribution in [2.24, 2.45) is 5.92 Å². The van der Waals surface area contributed by atoms with E-state index < -0.39 is 0 Å². The predicted molar refractivity (Wildman–Crippen MR) is 70.1 cm³/mol. The highest BCUT2D eigenvalue weighted by Crippen LogP contribution is 2.23. The summed E-state index contributed by atoms with van der Waals surface area (Å²) in [5.41, 5.74) is 0. The van der Waals surface area contributed by atoms with Crippen LogP contribution in [0, 0.1) is 5.92 Å². The minimum Gasteiger partial charge on any atom is -0.469 e. The van der Waals surface area contributed by atoms with Crippen LogP contribution in [0.15, 0.2) is 22.8 Å². The van der Waals surface area contributed by atoms with Crippen LogP contribution in [0.5, 0.6) is 0 Å². The van der Waals surface area contributed by atoms with Gasteiger partial charge in [-0.1, -0.05) is 6.92 Å². The Labute approximate surface area is 104 Å². The molecular formula is C14H24N2O. The van der Waals surface area contributed by atoms with Crippen LogP contribution in [-0.2, 0) is 6.42 Å². The number of piperidine rings is 1. The lowest BCUT2D eigenvalue weighted by molar-refractivity contribution is 0.0876. The molecule has 0 amide bonds. The maximum Gasteiger partial charge on any atom is 0.105 e. The highest BCUT2D eigenvalue weighted by Gasteiger charge is 2.31. The average molecular weight is 236 g/mol. The Hall–Kier alpha value is -0.800. The van der Waals surface area contributed by atoms with Gasteiger partial charge in [0.25, 0.3) is 0 Å². The molecule has 1 aromatic rings. The molecule has 0 radical (unpaired) electrons. The molecule has 17 heavy (non-hydrogen) atoms. The first-order chi connectivity index (χ1) is 8.22. The van der Waals surface area contributed by atoms with Gasteiger partial charge < -0.3 is 9.73 Å². The normalized spacial score (nSPS) is 30.6. The molecule has 1 saturated heterocycles. The summed E-state index contributed by atoms with van der Waals surface area (Å²) in [5.74, 6) is 1.81. The Morgan fingerprint density at radius 1 is 1.47 bits per heavy atom. The van der Waals surface area contributed by atoms with E-state index in [2.05, 4.69) is 37.2 Å². The Morgan fingerprint density at radius 3 is 2.94 bits per heavy atom. The third kappa shape index (κ3) is 2.90. The number of nitrogens with one attached hydrogen (secondary N) is 1. The summed E-state index contributed by atoms with van der Waals surface area (Å²) in [6.07, 6.45) is 4.03. The lowest BCUT2D eigenvalue weighted by Gasteiger charge is -2.42. The van der Waals surface area contributed by atoms with Gasteiger partial charge in [0.15, 0.2) is 0 Å². The van der Waals surface area contributed by atoms with Gasteiger partial charge in [0.1, 0.15) is 5.76 Å². The summed E-state index contributed by atoms with van der Waals surface area (Å²) in [7, 11) is 2.08. The summed E-state index contributed by atoms with van der Waals surface area (Å²) in [4.78, 5) is 2.58. The zero-order chi connectivity index (χ0) is 12.3. The van der Waals surface area contributed by atoms with Crippen LogP contribution in [0.25, 0.3) is 0 Å². The minimum absolute atomic E-state index is 0.649. The fourth-order valence-electron chi connectivity index (χ4n) is 2.87. The van der Waals surface area contributed by atoms with Crippen molar-refractivity contribution in [3.8, 4) is 0 Å². The molecule has 1 N–H and O–H groups in total. The molecule has 0 spiro atoms. The molecule has 96 valence electrons. The van der Waals surface area contributed by atoms with Gasteiger partial charge in [-0.2, -0.15) is 0 Å². The van der Waals surface area contributed by atoms with E-state index in [1.54, 1.807) is 6.26 Å². The molecule has 0 bridgehead atoms. The Kier molecular flexibility index (Phi) is 4.24. The van der Waals surface area contributed by atoms with E-state index in [-0.39, 0.29) is 0 Å². The molecule has 0 aliphatic carbocycles. The predicted octanol–water partition coefficient (Wildman–Crippen LogP) is 2.14. The van der Waals surface area contributed by atoms with Crippen LogP contribution in [0.3, 0.4) is 0 Å². The molecule has 3 atom stereocenters. The minimum atomic E-state index is 0.649. The molecule has 2 heterocycles. The summed E-state index contributed by atoms with van der Waals surface area (Å²) in [6.45, 7) is 6.99. The molecule has 1 aromatic heterocycles. The van der Waals surface area contributed by atoms with Crippen molar-refractivity contribution in [1.82, 2.24) is 10.2 Å². The van der Waals surface area contributed by atoms with E-state index in [0.717, 1.165) is 18.7 Å². The first-order valence-corrected chi connectivity index (χ1v) is 6.66. The van der Waals surface area contributed by atoms with E-state index in [0.29, 0.717) is 18.0 Å². The smallest absolute Gasteiger partial charge is 0.105 e. The summed E-state index contributed by atoms with van der Waals surface area (Å²) < 4.78 is 5.39. The van der Waals surface area contributed by atoms with E-state index >= 15 is 0 Å². The Morgan fingerprint density at radius 2 is 2.29 bits per heavy atom. The zero-order valence-electron chi connectivity index (χ0n) is 11.1. The highest BCUT2D eigenvalue weighted by molar-refractivity contribution is 4.99. The number of hydrogen-bond acceptors (Lipinski definition) is 3. The van der Waals surface area contributed by atoms with Crippen molar-refractivity contribution in [3.05, 3.63) is 24.2 Å². The zero-order valence-corrected chi connectivity index (χ0v) is 11.1. The number of hydrogen-bond donors (Lipinski definition) is 1. The number of furan rings is 1. The van der Waals surface area contributed by atoms with Crippen LogP contribution in [0.1, 0.15) is 26.0 Å². The van der Waals surface area contributed by atoms with E-state index in [4.69, 9.17) is 4.42 Å². The van der Waals surface area contributed by atoms with Gasteiger partial charge in [0, 0.05) is 25.0 Å². The summed E-state index contributed by atoms with van der Waals surface area (Å²) in [5, 5.41) is 3.43. The second-order valence-electron chi connectivity index (χ2n) is 5.15. The standard InChI is InChI=1S/C14H24N2O/c1-11-12(2)16(9-7-14(11)15-3)8-6-13-5-4-10-17-13/h4-5,10-12,14-15H,6-9H2,1-3H3. The number of likely N-dealkylation sites (tertiary alicyclic amines) is 1. The molecule has 0 aromatic carbocycles. The first kappa shape index (κ1) is 12.7. The van der Waals surface area contributed by atoms with Crippen LogP contribution in [-0.4, -0.2) is 37.1 Å². The van der Waals surface area contributed by atoms with Crippen LogP contribution in [0.2, 0.25) is 0 Å². The SMILES string of the molecule is CNC1CCN(CCc2ccco2)C(C)C1C. The second kappa shape index (κ2) is 5.69. The second-order valence-corrected chi connectivity index (χ2v) is 5.15. The van der Waals surface area contributed by atoms with Crippen molar-refractivity contribution in [1.29, 1.82) is 0 Å². The maximum absolute atomic E-state index is 5.39. The van der Waals surface area contributed by atoms with Gasteiger partial charge in [-0.3, -0.25) is 4.90 Å².